The van der Waals surface area contributed by atoms with Gasteiger partial charge >= 0.3 is 9.06 Å². The lowest BCUT2D eigenvalue weighted by Crippen LogP contribution is -2.24. The summed E-state index contributed by atoms with van der Waals surface area (Å²) >= 11 is 0. The second kappa shape index (κ2) is 7.53. The Bertz CT molecular complexity index is 1280. The summed E-state index contributed by atoms with van der Waals surface area (Å²) in [6.07, 6.45) is 0. The Kier molecular flexibility index (Phi) is 5.42. The quantitative estimate of drug-likeness (QED) is 0.592. The summed E-state index contributed by atoms with van der Waals surface area (Å²) in [7, 11) is -9.49. The lowest BCUT2D eigenvalue weighted by atomic mass is 9.96. The Labute approximate surface area is 170 Å². The Morgan fingerprint density at radius 3 is 2.07 bits per heavy atom. The van der Waals surface area contributed by atoms with Crippen molar-refractivity contribution in [1.29, 1.82) is 0 Å². The molecule has 29 heavy (non-hydrogen) atoms. The van der Waals surface area contributed by atoms with E-state index in [0.29, 0.717) is 16.7 Å². The van der Waals surface area contributed by atoms with Crippen molar-refractivity contribution in [3.63, 3.8) is 0 Å². The van der Waals surface area contributed by atoms with Crippen molar-refractivity contribution in [2.24, 2.45) is 0 Å². The Morgan fingerprint density at radius 2 is 1.41 bits per heavy atom. The topological polar surface area (TPSA) is 101 Å². The number of hydrogen-bond acceptors (Lipinski definition) is 5. The molecule has 0 bridgehead atoms. The van der Waals surface area contributed by atoms with Crippen LogP contribution in [0.4, 0.5) is 5.69 Å². The summed E-state index contributed by atoms with van der Waals surface area (Å²) in [5.41, 5.74) is 3.25. The summed E-state index contributed by atoms with van der Waals surface area (Å²) in [4.78, 5) is -0.316. The van der Waals surface area contributed by atoms with Gasteiger partial charge in [-0.25, -0.2) is 8.42 Å². The van der Waals surface area contributed by atoms with Crippen molar-refractivity contribution in [3.05, 3.63) is 77.4 Å². The van der Waals surface area contributed by atoms with Gasteiger partial charge in [-0.3, -0.25) is 4.72 Å². The van der Waals surface area contributed by atoms with Crippen molar-refractivity contribution in [3.8, 4) is 16.9 Å². The fourth-order valence-electron chi connectivity index (χ4n) is 2.98. The number of nitrogens with one attached hydrogen (secondary N) is 1. The highest BCUT2D eigenvalue weighted by Crippen LogP contribution is 2.38. The molecule has 0 aliphatic heterocycles. The molecule has 3 aromatic rings. The van der Waals surface area contributed by atoms with Gasteiger partial charge < -0.3 is 5.11 Å². The number of anilines is 1. The first-order chi connectivity index (χ1) is 13.5. The minimum Gasteiger partial charge on any atom is -0.507 e. The third-order valence-corrected chi connectivity index (χ3v) is 8.99. The van der Waals surface area contributed by atoms with Crippen molar-refractivity contribution >= 4 is 23.6 Å². The predicted molar refractivity (Wildman–Crippen MR) is 114 cm³/mol. The molecule has 0 unspecified atom stereocenters. The number of phenols is 1. The SMILES string of the molecule is Cc1ccc(S(=O)(=O)S(=O)(=O)Nc2cccc(C)c2-c2cc(C)ccc2O)cc1. The minimum absolute atomic E-state index is 0.0354. The molecule has 0 amide bonds. The van der Waals surface area contributed by atoms with E-state index in [0.717, 1.165) is 11.1 Å². The lowest BCUT2D eigenvalue weighted by molar-refractivity contribution is 0.477. The zero-order chi connectivity index (χ0) is 21.4. The van der Waals surface area contributed by atoms with Crippen LogP contribution in [-0.4, -0.2) is 21.9 Å². The highest BCUT2D eigenvalue weighted by Gasteiger charge is 2.33. The van der Waals surface area contributed by atoms with Crippen LogP contribution in [0, 0.1) is 20.8 Å². The predicted octanol–water partition coefficient (Wildman–Crippen LogP) is 4.12. The minimum atomic E-state index is -4.81. The van der Waals surface area contributed by atoms with Gasteiger partial charge in [0.15, 0.2) is 0 Å². The monoisotopic (exact) mass is 431 g/mol. The molecule has 0 aliphatic carbocycles. The van der Waals surface area contributed by atoms with E-state index in [1.807, 2.05) is 6.92 Å². The van der Waals surface area contributed by atoms with Crippen molar-refractivity contribution < 1.29 is 21.9 Å². The molecular weight excluding hydrogens is 410 g/mol. The van der Waals surface area contributed by atoms with Crippen LogP contribution in [0.25, 0.3) is 11.1 Å². The molecular formula is C21H21NO5S2. The van der Waals surface area contributed by atoms with E-state index < -0.39 is 17.9 Å². The van der Waals surface area contributed by atoms with Gasteiger partial charge in [0, 0.05) is 11.1 Å². The second-order valence-electron chi connectivity index (χ2n) is 6.84. The van der Waals surface area contributed by atoms with Gasteiger partial charge in [0.05, 0.1) is 10.6 Å². The summed E-state index contributed by atoms with van der Waals surface area (Å²) in [5, 5.41) is 10.3. The molecule has 0 saturated heterocycles. The van der Waals surface area contributed by atoms with Crippen LogP contribution in [0.3, 0.4) is 0 Å². The van der Waals surface area contributed by atoms with Crippen LogP contribution in [0.2, 0.25) is 0 Å². The van der Waals surface area contributed by atoms with E-state index >= 15 is 0 Å². The van der Waals surface area contributed by atoms with Crippen LogP contribution in [-0.2, 0) is 17.9 Å². The molecule has 8 heteroatoms. The second-order valence-corrected chi connectivity index (χ2v) is 12.0. The fourth-order valence-corrected chi connectivity index (χ4v) is 5.95. The van der Waals surface area contributed by atoms with Crippen LogP contribution >= 0.6 is 0 Å². The number of benzene rings is 3. The highest BCUT2D eigenvalue weighted by molar-refractivity contribution is 8.67. The Balaban J connectivity index is 2.12. The number of aryl methyl sites for hydroxylation is 3. The van der Waals surface area contributed by atoms with Gasteiger partial charge in [-0.1, -0.05) is 41.5 Å². The fraction of sp³-hybridized carbons (Fsp3) is 0.143. The smallest absolute Gasteiger partial charge is 0.343 e. The summed E-state index contributed by atoms with van der Waals surface area (Å²) < 4.78 is 53.2. The maximum absolute atomic E-state index is 12.8. The largest absolute Gasteiger partial charge is 0.507 e. The maximum Gasteiger partial charge on any atom is 0.343 e. The summed E-state index contributed by atoms with van der Waals surface area (Å²) in [6.45, 7) is 5.37. The zero-order valence-corrected chi connectivity index (χ0v) is 17.8. The highest BCUT2D eigenvalue weighted by atomic mass is 33.2. The van der Waals surface area contributed by atoms with E-state index in [-0.39, 0.29) is 16.3 Å². The maximum atomic E-state index is 12.8. The van der Waals surface area contributed by atoms with Gasteiger partial charge in [0.1, 0.15) is 5.75 Å². The summed E-state index contributed by atoms with van der Waals surface area (Å²) in [6, 6.07) is 15.4. The van der Waals surface area contributed by atoms with Crippen LogP contribution in [0.5, 0.6) is 5.75 Å². The van der Waals surface area contributed by atoms with Crippen LogP contribution in [0.15, 0.2) is 65.6 Å². The number of hydrogen-bond donors (Lipinski definition) is 2. The third kappa shape index (κ3) is 3.99. The molecule has 0 saturated carbocycles. The molecule has 6 nitrogen and oxygen atoms in total. The first-order valence-electron chi connectivity index (χ1n) is 8.77. The first-order valence-corrected chi connectivity index (χ1v) is 12.3. The first kappa shape index (κ1) is 20.9. The molecule has 3 rings (SSSR count). The van der Waals surface area contributed by atoms with E-state index in [4.69, 9.17) is 0 Å². The number of rotatable bonds is 5. The van der Waals surface area contributed by atoms with E-state index in [2.05, 4.69) is 4.72 Å². The average Bonchev–Trinajstić information content (AvgIpc) is 2.64. The molecule has 0 spiro atoms. The number of aromatic hydroxyl groups is 1. The Hall–Kier alpha value is -2.84. The molecule has 0 fully saturated rings. The van der Waals surface area contributed by atoms with Gasteiger partial charge in [-0.05, 0) is 56.7 Å². The molecule has 0 heterocycles. The standard InChI is InChI=1S/C21H21NO5S2/c1-14-7-10-17(11-8-14)28(24,25)29(26,27)22-19-6-4-5-16(3)21(19)18-13-15(2)9-12-20(18)23/h4-13,22-23H,1-3H3. The summed E-state index contributed by atoms with van der Waals surface area (Å²) in [5.74, 6) is -0.0354. The number of phenolic OH excluding ortho intramolecular Hbond substituents is 1. The van der Waals surface area contributed by atoms with Gasteiger partial charge in [0.2, 0.25) is 0 Å². The van der Waals surface area contributed by atoms with E-state index in [1.54, 1.807) is 38.1 Å². The molecule has 2 N–H and O–H groups in total. The molecule has 0 atom stereocenters. The van der Waals surface area contributed by atoms with E-state index in [1.165, 1.54) is 36.4 Å². The third-order valence-electron chi connectivity index (χ3n) is 4.53. The van der Waals surface area contributed by atoms with Crippen LogP contribution in [0.1, 0.15) is 16.7 Å². The van der Waals surface area contributed by atoms with E-state index in [9.17, 15) is 21.9 Å². The van der Waals surface area contributed by atoms with Gasteiger partial charge in [0.25, 0.3) is 8.87 Å². The molecule has 0 aromatic heterocycles. The molecule has 0 aliphatic rings. The average molecular weight is 432 g/mol. The van der Waals surface area contributed by atoms with Crippen LogP contribution < -0.4 is 4.72 Å². The van der Waals surface area contributed by atoms with Gasteiger partial charge in [-0.15, -0.1) is 0 Å². The molecule has 0 radical (unpaired) electrons. The van der Waals surface area contributed by atoms with Crippen molar-refractivity contribution in [2.45, 2.75) is 25.7 Å². The zero-order valence-electron chi connectivity index (χ0n) is 16.2. The molecule has 3 aromatic carbocycles. The lowest BCUT2D eigenvalue weighted by Gasteiger charge is -2.16. The van der Waals surface area contributed by atoms with Gasteiger partial charge in [-0.2, -0.15) is 8.42 Å². The molecule has 152 valence electrons. The van der Waals surface area contributed by atoms with Crippen molar-refractivity contribution in [2.75, 3.05) is 4.72 Å². The normalized spacial score (nSPS) is 12.0. The Morgan fingerprint density at radius 1 is 0.793 bits per heavy atom. The van der Waals surface area contributed by atoms with Crippen molar-refractivity contribution in [1.82, 2.24) is 0 Å².